The second-order valence-electron chi connectivity index (χ2n) is 5.34. The van der Waals surface area contributed by atoms with Crippen molar-refractivity contribution < 1.29 is 5.11 Å². The Bertz CT molecular complexity index is 161. The Hall–Kier alpha value is -0.0800. The van der Waals surface area contributed by atoms with Crippen molar-refractivity contribution in [3.05, 3.63) is 0 Å². The lowest BCUT2D eigenvalue weighted by Crippen LogP contribution is -2.17. The smallest absolute Gasteiger partial charge is 0.0431 e. The van der Waals surface area contributed by atoms with Crippen LogP contribution in [0.25, 0.3) is 0 Å². The van der Waals surface area contributed by atoms with Gasteiger partial charge in [-0.05, 0) is 44.2 Å². The van der Waals surface area contributed by atoms with Crippen LogP contribution in [0.1, 0.15) is 58.3 Å². The third-order valence-electron chi connectivity index (χ3n) is 3.98. The van der Waals surface area contributed by atoms with Gasteiger partial charge in [0, 0.05) is 6.61 Å². The average Bonchev–Trinajstić information content (AvgIpc) is 2.68. The summed E-state index contributed by atoms with van der Waals surface area (Å²) in [5.41, 5.74) is 0. The van der Waals surface area contributed by atoms with Crippen LogP contribution in [-0.2, 0) is 0 Å². The highest BCUT2D eigenvalue weighted by molar-refractivity contribution is 4.74. The number of hydrogen-bond acceptors (Lipinski definition) is 2. The molecule has 0 heterocycles. The molecule has 16 heavy (non-hydrogen) atoms. The van der Waals surface area contributed by atoms with E-state index in [1.165, 1.54) is 38.5 Å². The monoisotopic (exact) mass is 227 g/mol. The SMILES string of the molecule is CC1CCCC1CCCCNCCCCO. The second kappa shape index (κ2) is 9.00. The molecule has 2 heteroatoms. The van der Waals surface area contributed by atoms with E-state index in [9.17, 15) is 0 Å². The normalized spacial score (nSPS) is 25.1. The molecule has 2 atom stereocenters. The van der Waals surface area contributed by atoms with Gasteiger partial charge in [0.1, 0.15) is 0 Å². The maximum atomic E-state index is 8.63. The largest absolute Gasteiger partial charge is 0.396 e. The zero-order valence-electron chi connectivity index (χ0n) is 10.9. The minimum atomic E-state index is 0.335. The van der Waals surface area contributed by atoms with Gasteiger partial charge in [0.05, 0.1) is 0 Å². The van der Waals surface area contributed by atoms with Crippen LogP contribution in [0.3, 0.4) is 0 Å². The predicted octanol–water partition coefficient (Wildman–Crippen LogP) is 2.96. The van der Waals surface area contributed by atoms with Crippen molar-refractivity contribution in [2.75, 3.05) is 19.7 Å². The molecule has 0 amide bonds. The molecule has 2 nitrogen and oxygen atoms in total. The number of hydrogen-bond donors (Lipinski definition) is 2. The molecule has 2 N–H and O–H groups in total. The number of rotatable bonds is 9. The summed E-state index contributed by atoms with van der Waals surface area (Å²) in [5, 5.41) is 12.1. The lowest BCUT2D eigenvalue weighted by Gasteiger charge is -2.14. The summed E-state index contributed by atoms with van der Waals surface area (Å²) in [4.78, 5) is 0. The Kier molecular flexibility index (Phi) is 7.87. The summed E-state index contributed by atoms with van der Waals surface area (Å²) in [6, 6.07) is 0. The fraction of sp³-hybridized carbons (Fsp3) is 1.00. The average molecular weight is 227 g/mol. The van der Waals surface area contributed by atoms with Gasteiger partial charge in [-0.15, -0.1) is 0 Å². The third kappa shape index (κ3) is 5.86. The molecule has 0 aromatic carbocycles. The van der Waals surface area contributed by atoms with Crippen LogP contribution in [0.5, 0.6) is 0 Å². The minimum absolute atomic E-state index is 0.335. The maximum absolute atomic E-state index is 8.63. The van der Waals surface area contributed by atoms with E-state index >= 15 is 0 Å². The molecule has 0 aliphatic heterocycles. The highest BCUT2D eigenvalue weighted by Gasteiger charge is 2.22. The van der Waals surface area contributed by atoms with E-state index in [-0.39, 0.29) is 0 Å². The molecule has 1 aliphatic rings. The van der Waals surface area contributed by atoms with Crippen molar-refractivity contribution >= 4 is 0 Å². The van der Waals surface area contributed by atoms with E-state index < -0.39 is 0 Å². The number of unbranched alkanes of at least 4 members (excludes halogenated alkanes) is 2. The Morgan fingerprint density at radius 3 is 2.44 bits per heavy atom. The Morgan fingerprint density at radius 1 is 1.06 bits per heavy atom. The molecule has 0 spiro atoms. The summed E-state index contributed by atoms with van der Waals surface area (Å²) in [6.07, 6.45) is 10.6. The van der Waals surface area contributed by atoms with Gasteiger partial charge in [-0.1, -0.05) is 39.0 Å². The van der Waals surface area contributed by atoms with Gasteiger partial charge in [-0.25, -0.2) is 0 Å². The van der Waals surface area contributed by atoms with Crippen LogP contribution in [-0.4, -0.2) is 24.8 Å². The standard InChI is InChI=1S/C14H29NO/c1-13-7-6-9-14(13)8-2-3-10-15-11-4-5-12-16/h13-16H,2-12H2,1H3. The molecule has 1 fully saturated rings. The van der Waals surface area contributed by atoms with Crippen molar-refractivity contribution in [2.45, 2.75) is 58.3 Å². The van der Waals surface area contributed by atoms with Gasteiger partial charge in [0.15, 0.2) is 0 Å². The van der Waals surface area contributed by atoms with E-state index in [2.05, 4.69) is 12.2 Å². The first-order valence-corrected chi connectivity index (χ1v) is 7.16. The van der Waals surface area contributed by atoms with Crippen LogP contribution >= 0.6 is 0 Å². The molecule has 0 radical (unpaired) electrons. The summed E-state index contributed by atoms with van der Waals surface area (Å²) in [5.74, 6) is 2.01. The van der Waals surface area contributed by atoms with Crippen LogP contribution in [0.4, 0.5) is 0 Å². The molecule has 2 unspecified atom stereocenters. The van der Waals surface area contributed by atoms with Crippen molar-refractivity contribution in [1.29, 1.82) is 0 Å². The number of nitrogens with one attached hydrogen (secondary N) is 1. The van der Waals surface area contributed by atoms with Gasteiger partial charge in [0.2, 0.25) is 0 Å². The molecule has 0 aromatic rings. The quantitative estimate of drug-likeness (QED) is 0.594. The first-order chi connectivity index (χ1) is 7.84. The summed E-state index contributed by atoms with van der Waals surface area (Å²) < 4.78 is 0. The fourth-order valence-corrected chi connectivity index (χ4v) is 2.79. The summed E-state index contributed by atoms with van der Waals surface area (Å²) in [6.45, 7) is 4.99. The van der Waals surface area contributed by atoms with Crippen molar-refractivity contribution in [3.63, 3.8) is 0 Å². The van der Waals surface area contributed by atoms with Gasteiger partial charge < -0.3 is 10.4 Å². The van der Waals surface area contributed by atoms with E-state index in [0.717, 1.165) is 37.8 Å². The zero-order valence-corrected chi connectivity index (χ0v) is 10.9. The number of aliphatic hydroxyl groups is 1. The minimum Gasteiger partial charge on any atom is -0.396 e. The second-order valence-corrected chi connectivity index (χ2v) is 5.34. The summed E-state index contributed by atoms with van der Waals surface area (Å²) >= 11 is 0. The van der Waals surface area contributed by atoms with E-state index in [0.29, 0.717) is 6.61 Å². The van der Waals surface area contributed by atoms with Crippen molar-refractivity contribution in [2.24, 2.45) is 11.8 Å². The van der Waals surface area contributed by atoms with Crippen molar-refractivity contribution in [3.8, 4) is 0 Å². The predicted molar refractivity (Wildman–Crippen MR) is 69.5 cm³/mol. The molecule has 0 bridgehead atoms. The van der Waals surface area contributed by atoms with Crippen LogP contribution < -0.4 is 5.32 Å². The van der Waals surface area contributed by atoms with E-state index in [4.69, 9.17) is 5.11 Å². The van der Waals surface area contributed by atoms with Gasteiger partial charge in [0.25, 0.3) is 0 Å². The Morgan fingerprint density at radius 2 is 1.81 bits per heavy atom. The molecule has 96 valence electrons. The topological polar surface area (TPSA) is 32.3 Å². The molecule has 1 aliphatic carbocycles. The number of aliphatic hydroxyl groups excluding tert-OH is 1. The lowest BCUT2D eigenvalue weighted by atomic mass is 9.92. The highest BCUT2D eigenvalue weighted by Crippen LogP contribution is 2.34. The van der Waals surface area contributed by atoms with E-state index in [1.807, 2.05) is 0 Å². The highest BCUT2D eigenvalue weighted by atomic mass is 16.2. The zero-order chi connectivity index (χ0) is 11.6. The van der Waals surface area contributed by atoms with Crippen LogP contribution in [0.2, 0.25) is 0 Å². The van der Waals surface area contributed by atoms with Gasteiger partial charge in [-0.2, -0.15) is 0 Å². The van der Waals surface area contributed by atoms with E-state index in [1.54, 1.807) is 0 Å². The molecular formula is C14H29NO. The molecule has 1 rings (SSSR count). The van der Waals surface area contributed by atoms with Gasteiger partial charge in [-0.3, -0.25) is 0 Å². The first kappa shape index (κ1) is 14.0. The molecular weight excluding hydrogens is 198 g/mol. The molecule has 1 saturated carbocycles. The lowest BCUT2D eigenvalue weighted by molar-refractivity contribution is 0.283. The van der Waals surface area contributed by atoms with Gasteiger partial charge >= 0.3 is 0 Å². The Balaban J connectivity index is 1.81. The van der Waals surface area contributed by atoms with Crippen LogP contribution in [0, 0.1) is 11.8 Å². The van der Waals surface area contributed by atoms with Crippen LogP contribution in [0.15, 0.2) is 0 Å². The molecule has 0 saturated heterocycles. The maximum Gasteiger partial charge on any atom is 0.0431 e. The fourth-order valence-electron chi connectivity index (χ4n) is 2.79. The molecule has 0 aromatic heterocycles. The Labute approximate surface area is 101 Å². The third-order valence-corrected chi connectivity index (χ3v) is 3.98. The first-order valence-electron chi connectivity index (χ1n) is 7.16. The summed E-state index contributed by atoms with van der Waals surface area (Å²) in [7, 11) is 0. The van der Waals surface area contributed by atoms with Crippen molar-refractivity contribution in [1.82, 2.24) is 5.32 Å².